The summed E-state index contributed by atoms with van der Waals surface area (Å²) in [7, 11) is 3.38. The molecule has 0 radical (unpaired) electrons. The van der Waals surface area contributed by atoms with E-state index in [1.54, 1.807) is 19.1 Å². The lowest BCUT2D eigenvalue weighted by atomic mass is 9.93. The Kier molecular flexibility index (Phi) is 6.05. The maximum Gasteiger partial charge on any atom is 0.222 e. The summed E-state index contributed by atoms with van der Waals surface area (Å²) in [6.07, 6.45) is 1.65. The number of carbonyl (C=O) groups is 1. The average Bonchev–Trinajstić information content (AvgIpc) is 2.29. The fourth-order valence-corrected chi connectivity index (χ4v) is 2.24. The first kappa shape index (κ1) is 15.4. The Morgan fingerprint density at radius 1 is 1.50 bits per heavy atom. The molecule has 18 heavy (non-hydrogen) atoms. The van der Waals surface area contributed by atoms with E-state index in [1.165, 1.54) is 0 Å². The number of rotatable bonds is 6. The lowest BCUT2D eigenvalue weighted by molar-refractivity contribution is -0.137. The summed E-state index contributed by atoms with van der Waals surface area (Å²) in [4.78, 5) is 13.6. The van der Waals surface area contributed by atoms with Gasteiger partial charge >= 0.3 is 0 Å². The van der Waals surface area contributed by atoms with E-state index in [1.807, 2.05) is 6.92 Å². The first-order chi connectivity index (χ1) is 8.47. The van der Waals surface area contributed by atoms with Crippen LogP contribution in [0.25, 0.3) is 0 Å². The maximum atomic E-state index is 12.0. The van der Waals surface area contributed by atoms with Crippen molar-refractivity contribution in [3.05, 3.63) is 0 Å². The van der Waals surface area contributed by atoms with Crippen molar-refractivity contribution in [3.63, 3.8) is 0 Å². The van der Waals surface area contributed by atoms with Crippen LogP contribution in [0.15, 0.2) is 0 Å². The molecule has 106 valence electrons. The molecular formula is C13H25NO4. The second-order valence-electron chi connectivity index (χ2n) is 5.35. The topological polar surface area (TPSA) is 59.0 Å². The molecule has 1 amide bonds. The van der Waals surface area contributed by atoms with E-state index < -0.39 is 5.60 Å². The molecule has 1 N–H and O–H groups in total. The van der Waals surface area contributed by atoms with Crippen LogP contribution in [-0.2, 0) is 14.3 Å². The number of hydrogen-bond donors (Lipinski definition) is 1. The fourth-order valence-electron chi connectivity index (χ4n) is 2.24. The number of aliphatic hydroxyl groups is 1. The van der Waals surface area contributed by atoms with Crippen molar-refractivity contribution < 1.29 is 19.4 Å². The largest absolute Gasteiger partial charge is 0.388 e. The minimum absolute atomic E-state index is 0.0551. The quantitative estimate of drug-likeness (QED) is 0.761. The molecular weight excluding hydrogens is 234 g/mol. The van der Waals surface area contributed by atoms with Crippen LogP contribution >= 0.6 is 0 Å². The monoisotopic (exact) mass is 259 g/mol. The van der Waals surface area contributed by atoms with Gasteiger partial charge in [0.25, 0.3) is 0 Å². The molecule has 1 aliphatic heterocycles. The number of carbonyl (C=O) groups excluding carboxylic acids is 1. The molecule has 0 spiro atoms. The summed E-state index contributed by atoms with van der Waals surface area (Å²) in [5, 5.41) is 10.3. The van der Waals surface area contributed by atoms with Gasteiger partial charge in [-0.2, -0.15) is 0 Å². The standard InChI is InChI=1S/C13H25NO4/c1-11(9-17-3)8-12(15)14(2)10-13(16)4-6-18-7-5-13/h11,16H,4-10H2,1-3H3. The Bertz CT molecular complexity index is 264. The predicted molar refractivity (Wildman–Crippen MR) is 68.3 cm³/mol. The van der Waals surface area contributed by atoms with Gasteiger partial charge in [-0.25, -0.2) is 0 Å². The molecule has 0 bridgehead atoms. The summed E-state index contributed by atoms with van der Waals surface area (Å²) in [6.45, 7) is 4.09. The molecule has 0 saturated carbocycles. The summed E-state index contributed by atoms with van der Waals surface area (Å²) >= 11 is 0. The van der Waals surface area contributed by atoms with E-state index in [-0.39, 0.29) is 11.8 Å². The molecule has 0 aromatic carbocycles. The van der Waals surface area contributed by atoms with Gasteiger partial charge in [-0.05, 0) is 5.92 Å². The lowest BCUT2D eigenvalue weighted by Gasteiger charge is -2.35. The highest BCUT2D eigenvalue weighted by Crippen LogP contribution is 2.21. The molecule has 5 heteroatoms. The normalized spacial score (nSPS) is 20.4. The van der Waals surface area contributed by atoms with E-state index in [2.05, 4.69) is 0 Å². The highest BCUT2D eigenvalue weighted by atomic mass is 16.5. The average molecular weight is 259 g/mol. The van der Waals surface area contributed by atoms with Crippen LogP contribution in [0.4, 0.5) is 0 Å². The third-order valence-electron chi connectivity index (χ3n) is 3.36. The molecule has 0 aromatic rings. The van der Waals surface area contributed by atoms with Gasteiger partial charge in [0.15, 0.2) is 0 Å². The fraction of sp³-hybridized carbons (Fsp3) is 0.923. The van der Waals surface area contributed by atoms with E-state index >= 15 is 0 Å². The summed E-state index contributed by atoms with van der Waals surface area (Å²) < 4.78 is 10.2. The van der Waals surface area contributed by atoms with E-state index in [9.17, 15) is 9.90 Å². The van der Waals surface area contributed by atoms with Gasteiger partial charge in [-0.3, -0.25) is 4.79 Å². The van der Waals surface area contributed by atoms with Crippen molar-refractivity contribution in [1.29, 1.82) is 0 Å². The Hall–Kier alpha value is -0.650. The van der Waals surface area contributed by atoms with Crippen molar-refractivity contribution in [1.82, 2.24) is 4.90 Å². The number of nitrogens with zero attached hydrogens (tertiary/aromatic N) is 1. The molecule has 5 nitrogen and oxygen atoms in total. The van der Waals surface area contributed by atoms with Crippen LogP contribution < -0.4 is 0 Å². The lowest BCUT2D eigenvalue weighted by Crippen LogP contribution is -2.47. The highest BCUT2D eigenvalue weighted by molar-refractivity contribution is 5.76. The maximum absolute atomic E-state index is 12.0. The Balaban J connectivity index is 2.38. The number of ether oxygens (including phenoxy) is 2. The van der Waals surface area contributed by atoms with E-state index in [4.69, 9.17) is 9.47 Å². The van der Waals surface area contributed by atoms with Crippen LogP contribution in [0, 0.1) is 5.92 Å². The van der Waals surface area contributed by atoms with Crippen molar-refractivity contribution in [2.75, 3.05) is 40.5 Å². The van der Waals surface area contributed by atoms with Crippen molar-refractivity contribution >= 4 is 5.91 Å². The van der Waals surface area contributed by atoms with Crippen LogP contribution in [0.5, 0.6) is 0 Å². The Morgan fingerprint density at radius 2 is 2.11 bits per heavy atom. The van der Waals surface area contributed by atoms with Gasteiger partial charge in [-0.1, -0.05) is 6.92 Å². The zero-order valence-electron chi connectivity index (χ0n) is 11.6. The summed E-state index contributed by atoms with van der Waals surface area (Å²) in [6, 6.07) is 0. The molecule has 1 rings (SSSR count). The van der Waals surface area contributed by atoms with Gasteiger partial charge < -0.3 is 19.5 Å². The first-order valence-electron chi connectivity index (χ1n) is 6.50. The number of amides is 1. The SMILES string of the molecule is COCC(C)CC(=O)N(C)CC1(O)CCOCC1. The smallest absolute Gasteiger partial charge is 0.222 e. The van der Waals surface area contributed by atoms with Gasteiger partial charge in [0.1, 0.15) is 0 Å². The Morgan fingerprint density at radius 3 is 2.67 bits per heavy atom. The highest BCUT2D eigenvalue weighted by Gasteiger charge is 2.32. The molecule has 1 heterocycles. The van der Waals surface area contributed by atoms with E-state index in [0.29, 0.717) is 45.6 Å². The van der Waals surface area contributed by atoms with Gasteiger partial charge in [0, 0.05) is 59.8 Å². The molecule has 1 saturated heterocycles. The molecule has 1 unspecified atom stereocenters. The van der Waals surface area contributed by atoms with Crippen LogP contribution in [0.2, 0.25) is 0 Å². The van der Waals surface area contributed by atoms with Crippen molar-refractivity contribution in [2.45, 2.75) is 31.8 Å². The Labute approximate surface area is 109 Å². The zero-order chi connectivity index (χ0) is 13.6. The van der Waals surface area contributed by atoms with Gasteiger partial charge in [0.05, 0.1) is 5.60 Å². The minimum atomic E-state index is -0.785. The first-order valence-corrected chi connectivity index (χ1v) is 6.50. The van der Waals surface area contributed by atoms with Crippen molar-refractivity contribution in [3.8, 4) is 0 Å². The number of methoxy groups -OCH3 is 1. The third-order valence-corrected chi connectivity index (χ3v) is 3.36. The second-order valence-corrected chi connectivity index (χ2v) is 5.35. The summed E-state index contributed by atoms with van der Waals surface area (Å²) in [5.41, 5.74) is -0.785. The summed E-state index contributed by atoms with van der Waals surface area (Å²) in [5.74, 6) is 0.258. The zero-order valence-corrected chi connectivity index (χ0v) is 11.6. The number of likely N-dealkylation sites (N-methyl/N-ethyl adjacent to an activating group) is 1. The number of hydrogen-bond acceptors (Lipinski definition) is 4. The molecule has 0 aromatic heterocycles. The molecule has 1 aliphatic rings. The third kappa shape index (κ3) is 4.92. The van der Waals surface area contributed by atoms with Crippen LogP contribution in [0.3, 0.4) is 0 Å². The van der Waals surface area contributed by atoms with Crippen molar-refractivity contribution in [2.24, 2.45) is 5.92 Å². The molecule has 1 fully saturated rings. The predicted octanol–water partition coefficient (Wildman–Crippen LogP) is 0.659. The minimum Gasteiger partial charge on any atom is -0.388 e. The van der Waals surface area contributed by atoms with Crippen LogP contribution in [0.1, 0.15) is 26.2 Å². The van der Waals surface area contributed by atoms with Gasteiger partial charge in [-0.15, -0.1) is 0 Å². The second kappa shape index (κ2) is 7.07. The van der Waals surface area contributed by atoms with Gasteiger partial charge in [0.2, 0.25) is 5.91 Å². The van der Waals surface area contributed by atoms with E-state index in [0.717, 1.165) is 0 Å². The van der Waals surface area contributed by atoms with Crippen LogP contribution in [-0.4, -0.2) is 62.0 Å². The molecule has 0 aliphatic carbocycles. The molecule has 1 atom stereocenters.